The molecular formula is C15H21NO3. The topological polar surface area (TPSA) is 73.6 Å². The lowest BCUT2D eigenvalue weighted by Crippen LogP contribution is -2.42. The van der Waals surface area contributed by atoms with Gasteiger partial charge in [-0.3, -0.25) is 4.98 Å². The first-order valence-electron chi connectivity index (χ1n) is 6.82. The maximum Gasteiger partial charge on any atom is 0.140 e. The van der Waals surface area contributed by atoms with Crippen molar-refractivity contribution in [3.63, 3.8) is 0 Å². The molecule has 0 saturated heterocycles. The molecule has 4 atom stereocenters. The van der Waals surface area contributed by atoms with Crippen LogP contribution in [0.4, 0.5) is 0 Å². The molecule has 19 heavy (non-hydrogen) atoms. The summed E-state index contributed by atoms with van der Waals surface area (Å²) in [6, 6.07) is 0. The summed E-state index contributed by atoms with van der Waals surface area (Å²) >= 11 is 0. The summed E-state index contributed by atoms with van der Waals surface area (Å²) in [5.74, 6) is -0.0240. The monoisotopic (exact) mass is 263 g/mol. The van der Waals surface area contributed by atoms with Gasteiger partial charge in [-0.2, -0.15) is 0 Å². The molecule has 1 heterocycles. The van der Waals surface area contributed by atoms with Crippen LogP contribution >= 0.6 is 0 Å². The molecule has 1 saturated carbocycles. The number of hydrogen-bond acceptors (Lipinski definition) is 4. The maximum atomic E-state index is 10.9. The summed E-state index contributed by atoms with van der Waals surface area (Å²) in [5, 5.41) is 31.5. The van der Waals surface area contributed by atoms with Gasteiger partial charge in [0, 0.05) is 17.3 Å². The van der Waals surface area contributed by atoms with E-state index in [0.717, 1.165) is 12.8 Å². The van der Waals surface area contributed by atoms with Gasteiger partial charge in [0.2, 0.25) is 0 Å². The van der Waals surface area contributed by atoms with Crippen LogP contribution in [0.25, 0.3) is 0 Å². The molecule has 4 nitrogen and oxygen atoms in total. The molecule has 4 heteroatoms. The number of aliphatic hydroxyl groups is 2. The molecule has 1 aromatic rings. The van der Waals surface area contributed by atoms with E-state index in [4.69, 9.17) is 0 Å². The van der Waals surface area contributed by atoms with Gasteiger partial charge < -0.3 is 15.3 Å². The molecule has 0 spiro atoms. The molecule has 3 N–H and O–H groups in total. The summed E-state index contributed by atoms with van der Waals surface area (Å²) in [6.07, 6.45) is 3.98. The van der Waals surface area contributed by atoms with E-state index in [1.165, 1.54) is 6.20 Å². The molecule has 1 fully saturated rings. The Hall–Kier alpha value is -1.13. The second kappa shape index (κ2) is 3.70. The number of aromatic nitrogens is 1. The van der Waals surface area contributed by atoms with Gasteiger partial charge in [0.25, 0.3) is 0 Å². The van der Waals surface area contributed by atoms with E-state index >= 15 is 0 Å². The van der Waals surface area contributed by atoms with Crippen molar-refractivity contribution in [2.24, 2.45) is 17.3 Å². The zero-order valence-electron chi connectivity index (χ0n) is 11.6. The Kier molecular flexibility index (Phi) is 2.51. The molecule has 104 valence electrons. The quantitative estimate of drug-likeness (QED) is 0.670. The normalized spacial score (nSPS) is 39.7. The van der Waals surface area contributed by atoms with Gasteiger partial charge in [0.15, 0.2) is 0 Å². The van der Waals surface area contributed by atoms with Crippen LogP contribution in [0.2, 0.25) is 0 Å². The van der Waals surface area contributed by atoms with Gasteiger partial charge >= 0.3 is 0 Å². The first kappa shape index (κ1) is 12.9. The van der Waals surface area contributed by atoms with E-state index < -0.39 is 11.7 Å². The third-order valence-corrected chi connectivity index (χ3v) is 4.99. The zero-order valence-corrected chi connectivity index (χ0v) is 11.6. The molecular weight excluding hydrogens is 242 g/mol. The molecule has 1 aromatic heterocycles. The van der Waals surface area contributed by atoms with Crippen molar-refractivity contribution in [2.75, 3.05) is 0 Å². The van der Waals surface area contributed by atoms with Crippen LogP contribution in [0.5, 0.6) is 5.75 Å². The number of aliphatic hydroxyl groups excluding tert-OH is 1. The van der Waals surface area contributed by atoms with Crippen LogP contribution < -0.4 is 0 Å². The molecule has 0 amide bonds. The highest BCUT2D eigenvalue weighted by Crippen LogP contribution is 2.60. The van der Waals surface area contributed by atoms with Crippen LogP contribution in [-0.4, -0.2) is 20.3 Å². The van der Waals surface area contributed by atoms with E-state index in [0.29, 0.717) is 11.1 Å². The lowest BCUT2D eigenvalue weighted by molar-refractivity contribution is -0.0722. The number of aromatic hydroxyl groups is 1. The molecule has 0 bridgehead atoms. The third-order valence-electron chi connectivity index (χ3n) is 4.99. The largest absolute Gasteiger partial charge is 0.506 e. The third kappa shape index (κ3) is 1.70. The molecule has 4 unspecified atom stereocenters. The number of pyridine rings is 1. The van der Waals surface area contributed by atoms with Crippen molar-refractivity contribution in [1.29, 1.82) is 0 Å². The minimum Gasteiger partial charge on any atom is -0.506 e. The Labute approximate surface area is 113 Å². The van der Waals surface area contributed by atoms with Crippen molar-refractivity contribution < 1.29 is 15.3 Å². The average molecular weight is 263 g/mol. The first-order chi connectivity index (χ1) is 8.74. The minimum absolute atomic E-state index is 0.0234. The van der Waals surface area contributed by atoms with Gasteiger partial charge in [0.1, 0.15) is 5.75 Å². The van der Waals surface area contributed by atoms with Crippen molar-refractivity contribution in [2.45, 2.75) is 45.3 Å². The summed E-state index contributed by atoms with van der Waals surface area (Å²) in [6.45, 7) is 6.07. The summed E-state index contributed by atoms with van der Waals surface area (Å²) in [5.41, 5.74) is 0.0173. The van der Waals surface area contributed by atoms with Crippen LogP contribution in [-0.2, 0) is 5.60 Å². The van der Waals surface area contributed by atoms with Crippen LogP contribution in [0.3, 0.4) is 0 Å². The number of nitrogens with zero attached hydrogens (tertiary/aromatic N) is 1. The summed E-state index contributed by atoms with van der Waals surface area (Å²) in [7, 11) is 0. The predicted molar refractivity (Wildman–Crippen MR) is 70.4 cm³/mol. The molecule has 3 rings (SSSR count). The number of fused-ring (bicyclic) bond motifs is 2. The molecule has 0 aliphatic heterocycles. The fourth-order valence-corrected chi connectivity index (χ4v) is 4.21. The van der Waals surface area contributed by atoms with Crippen molar-refractivity contribution in [1.82, 2.24) is 4.98 Å². The van der Waals surface area contributed by atoms with E-state index in [1.807, 2.05) is 0 Å². The smallest absolute Gasteiger partial charge is 0.140 e. The highest BCUT2D eigenvalue weighted by Gasteiger charge is 2.55. The Morgan fingerprint density at radius 1 is 1.21 bits per heavy atom. The Bertz CT molecular complexity index is 524. The fraction of sp³-hybridized carbons (Fsp3) is 0.667. The Morgan fingerprint density at radius 2 is 1.89 bits per heavy atom. The first-order valence-corrected chi connectivity index (χ1v) is 6.82. The second-order valence-electron chi connectivity index (χ2n) is 7.06. The van der Waals surface area contributed by atoms with Gasteiger partial charge in [-0.1, -0.05) is 13.8 Å². The van der Waals surface area contributed by atoms with Gasteiger partial charge in [-0.25, -0.2) is 0 Å². The Balaban J connectivity index is 2.18. The lowest BCUT2D eigenvalue weighted by atomic mass is 9.67. The highest BCUT2D eigenvalue weighted by atomic mass is 16.3. The predicted octanol–water partition coefficient (Wildman–Crippen LogP) is 2.09. The molecule has 2 aliphatic carbocycles. The lowest BCUT2D eigenvalue weighted by Gasteiger charge is -2.43. The fourth-order valence-electron chi connectivity index (χ4n) is 4.21. The standard InChI is InChI=1S/C15H21NO3/c1-14(2)4-8-10(5-14)15(3,19)12-9(13(8)18)6-16-7-11(12)17/h6-8,10,13,17-19H,4-5H2,1-3H3. The van der Waals surface area contributed by atoms with Gasteiger partial charge in [-0.05, 0) is 37.0 Å². The van der Waals surface area contributed by atoms with E-state index in [-0.39, 0.29) is 23.0 Å². The molecule has 0 radical (unpaired) electrons. The van der Waals surface area contributed by atoms with Crippen molar-refractivity contribution >= 4 is 0 Å². The van der Waals surface area contributed by atoms with E-state index in [1.54, 1.807) is 13.1 Å². The zero-order chi connectivity index (χ0) is 14.0. The summed E-state index contributed by atoms with van der Waals surface area (Å²) < 4.78 is 0. The SMILES string of the molecule is CC1(C)CC2C(O)c3cncc(O)c3C(C)(O)C2C1. The molecule has 0 aromatic carbocycles. The number of rotatable bonds is 0. The van der Waals surface area contributed by atoms with Crippen molar-refractivity contribution in [3.05, 3.63) is 23.5 Å². The minimum atomic E-state index is -1.11. The average Bonchev–Trinajstić information content (AvgIpc) is 2.63. The van der Waals surface area contributed by atoms with Crippen molar-refractivity contribution in [3.8, 4) is 5.75 Å². The van der Waals surface area contributed by atoms with Gasteiger partial charge in [0.05, 0.1) is 17.9 Å². The molecule has 2 aliphatic rings. The van der Waals surface area contributed by atoms with Gasteiger partial charge in [-0.15, -0.1) is 0 Å². The summed E-state index contributed by atoms with van der Waals surface area (Å²) in [4.78, 5) is 3.94. The van der Waals surface area contributed by atoms with E-state index in [2.05, 4.69) is 18.8 Å². The highest BCUT2D eigenvalue weighted by molar-refractivity contribution is 5.45. The number of hydrogen-bond donors (Lipinski definition) is 3. The van der Waals surface area contributed by atoms with E-state index in [9.17, 15) is 15.3 Å². The second-order valence-corrected chi connectivity index (χ2v) is 7.06. The van der Waals surface area contributed by atoms with Crippen LogP contribution in [0.1, 0.15) is 50.8 Å². The van der Waals surface area contributed by atoms with Crippen LogP contribution in [0.15, 0.2) is 12.4 Å². The van der Waals surface area contributed by atoms with Crippen LogP contribution in [0, 0.1) is 17.3 Å². The Morgan fingerprint density at radius 3 is 2.58 bits per heavy atom. The maximum absolute atomic E-state index is 10.9.